The van der Waals surface area contributed by atoms with Gasteiger partial charge >= 0.3 is 0 Å². The molecule has 1 saturated carbocycles. The zero-order valence-corrected chi connectivity index (χ0v) is 16.5. The number of methoxy groups -OCH3 is 1. The number of aryl methyl sites for hydroxylation is 1. The van der Waals surface area contributed by atoms with E-state index in [0.29, 0.717) is 31.1 Å². The van der Waals surface area contributed by atoms with E-state index in [2.05, 4.69) is 10.6 Å². The Hall–Kier alpha value is -1.40. The van der Waals surface area contributed by atoms with Gasteiger partial charge in [0.25, 0.3) is 5.91 Å². The second-order valence-corrected chi connectivity index (χ2v) is 8.53. The summed E-state index contributed by atoms with van der Waals surface area (Å²) < 4.78 is 5.04. The highest BCUT2D eigenvalue weighted by molar-refractivity contribution is 7.17. The summed E-state index contributed by atoms with van der Waals surface area (Å²) in [5, 5.41) is 6.82. The second-order valence-electron chi connectivity index (χ2n) is 7.42. The number of thiophene rings is 1. The minimum absolute atomic E-state index is 0.0586. The van der Waals surface area contributed by atoms with Crippen molar-refractivity contribution < 1.29 is 14.3 Å². The van der Waals surface area contributed by atoms with Crippen LogP contribution >= 0.6 is 11.3 Å². The van der Waals surface area contributed by atoms with Crippen molar-refractivity contribution in [3.8, 4) is 0 Å². The largest absolute Gasteiger partial charge is 0.385 e. The summed E-state index contributed by atoms with van der Waals surface area (Å²) in [6.07, 6.45) is 10.4. The molecule has 2 N–H and O–H groups in total. The summed E-state index contributed by atoms with van der Waals surface area (Å²) in [5.74, 6) is 0.511. The molecule has 3 rings (SSSR count). The molecule has 144 valence electrons. The average molecular weight is 379 g/mol. The molecule has 0 saturated heterocycles. The maximum Gasteiger partial charge on any atom is 0.254 e. The van der Waals surface area contributed by atoms with E-state index < -0.39 is 0 Å². The molecule has 0 bridgehead atoms. The second kappa shape index (κ2) is 9.51. The third kappa shape index (κ3) is 4.86. The lowest BCUT2D eigenvalue weighted by Gasteiger charge is -2.13. The van der Waals surface area contributed by atoms with Gasteiger partial charge in [0.1, 0.15) is 5.00 Å². The van der Waals surface area contributed by atoms with Gasteiger partial charge in [-0.25, -0.2) is 0 Å². The molecule has 0 spiro atoms. The van der Waals surface area contributed by atoms with Crippen molar-refractivity contribution in [2.24, 2.45) is 5.92 Å². The lowest BCUT2D eigenvalue weighted by atomic mass is 9.95. The highest BCUT2D eigenvalue weighted by Gasteiger charge is 2.27. The Labute approximate surface area is 159 Å². The smallest absolute Gasteiger partial charge is 0.254 e. The van der Waals surface area contributed by atoms with Gasteiger partial charge in [0.15, 0.2) is 0 Å². The molecule has 2 aliphatic rings. The molecule has 1 fully saturated rings. The van der Waals surface area contributed by atoms with Crippen LogP contribution in [0.5, 0.6) is 0 Å². The van der Waals surface area contributed by atoms with Crippen LogP contribution in [-0.4, -0.2) is 32.1 Å². The molecule has 0 aliphatic heterocycles. The molecule has 0 atom stereocenters. The van der Waals surface area contributed by atoms with Crippen LogP contribution in [0, 0.1) is 5.92 Å². The molecule has 2 amide bonds. The highest BCUT2D eigenvalue weighted by Crippen LogP contribution is 2.38. The number of anilines is 1. The number of amides is 2. The van der Waals surface area contributed by atoms with Crippen LogP contribution < -0.4 is 10.6 Å². The summed E-state index contributed by atoms with van der Waals surface area (Å²) in [6, 6.07) is 0. The van der Waals surface area contributed by atoms with E-state index in [0.717, 1.165) is 55.5 Å². The van der Waals surface area contributed by atoms with E-state index in [1.54, 1.807) is 18.4 Å². The summed E-state index contributed by atoms with van der Waals surface area (Å²) in [6.45, 7) is 1.22. The van der Waals surface area contributed by atoms with Gasteiger partial charge in [0.05, 0.1) is 5.56 Å². The highest BCUT2D eigenvalue weighted by atomic mass is 32.1. The Morgan fingerprint density at radius 1 is 1.15 bits per heavy atom. The van der Waals surface area contributed by atoms with Crippen LogP contribution in [-0.2, 0) is 22.4 Å². The van der Waals surface area contributed by atoms with E-state index in [4.69, 9.17) is 4.74 Å². The van der Waals surface area contributed by atoms with Crippen LogP contribution in [0.3, 0.4) is 0 Å². The summed E-state index contributed by atoms with van der Waals surface area (Å²) in [5.41, 5.74) is 1.86. The first-order chi connectivity index (χ1) is 12.7. The van der Waals surface area contributed by atoms with Crippen LogP contribution in [0.15, 0.2) is 0 Å². The Kier molecular flexibility index (Phi) is 7.08. The minimum Gasteiger partial charge on any atom is -0.385 e. The maximum atomic E-state index is 12.8. The van der Waals surface area contributed by atoms with Gasteiger partial charge in [-0.05, 0) is 56.4 Å². The molecule has 0 aromatic carbocycles. The Morgan fingerprint density at radius 2 is 1.92 bits per heavy atom. The van der Waals surface area contributed by atoms with Crippen molar-refractivity contribution in [2.45, 2.75) is 64.2 Å². The van der Waals surface area contributed by atoms with E-state index in [9.17, 15) is 9.59 Å². The lowest BCUT2D eigenvalue weighted by molar-refractivity contribution is -0.117. The minimum atomic E-state index is -0.0586. The molecule has 1 heterocycles. The molecule has 5 nitrogen and oxygen atoms in total. The third-order valence-electron chi connectivity index (χ3n) is 5.41. The Bertz CT molecular complexity index is 635. The first-order valence-corrected chi connectivity index (χ1v) is 10.7. The molecular weight excluding hydrogens is 348 g/mol. The number of hydrogen-bond acceptors (Lipinski definition) is 4. The molecule has 1 aromatic rings. The van der Waals surface area contributed by atoms with Crippen LogP contribution in [0.1, 0.15) is 72.2 Å². The molecule has 1 aromatic heterocycles. The molecule has 26 heavy (non-hydrogen) atoms. The topological polar surface area (TPSA) is 67.4 Å². The van der Waals surface area contributed by atoms with Gasteiger partial charge in [-0.15, -0.1) is 11.3 Å². The predicted octanol–water partition coefficient (Wildman–Crippen LogP) is 3.91. The fraction of sp³-hybridized carbons (Fsp3) is 0.700. The van der Waals surface area contributed by atoms with Crippen molar-refractivity contribution in [1.29, 1.82) is 0 Å². The van der Waals surface area contributed by atoms with Gasteiger partial charge < -0.3 is 15.4 Å². The fourth-order valence-corrected chi connectivity index (χ4v) is 5.36. The van der Waals surface area contributed by atoms with Crippen LogP contribution in [0.2, 0.25) is 0 Å². The van der Waals surface area contributed by atoms with Crippen molar-refractivity contribution in [2.75, 3.05) is 25.6 Å². The zero-order chi connectivity index (χ0) is 18.4. The number of carbonyl (C=O) groups excluding carboxylic acids is 2. The van der Waals surface area contributed by atoms with Crippen molar-refractivity contribution in [1.82, 2.24) is 5.32 Å². The number of ether oxygens (including phenoxy) is 1. The number of nitrogens with one attached hydrogen (secondary N) is 2. The summed E-state index contributed by atoms with van der Waals surface area (Å²) >= 11 is 1.60. The standard InChI is InChI=1S/C20H30N2O3S/c1-25-12-6-11-21-19(24)18-15-9-4-5-10-16(15)26-20(18)22-17(23)13-14-7-2-3-8-14/h14H,2-13H2,1H3,(H,21,24)(H,22,23). The van der Waals surface area contributed by atoms with Crippen LogP contribution in [0.4, 0.5) is 5.00 Å². The predicted molar refractivity (Wildman–Crippen MR) is 105 cm³/mol. The molecule has 0 unspecified atom stereocenters. The van der Waals surface area contributed by atoms with E-state index in [-0.39, 0.29) is 11.8 Å². The normalized spacial score (nSPS) is 17.1. The quantitative estimate of drug-likeness (QED) is 0.674. The van der Waals surface area contributed by atoms with Gasteiger partial charge in [-0.1, -0.05) is 12.8 Å². The Balaban J connectivity index is 1.70. The van der Waals surface area contributed by atoms with Gasteiger partial charge in [0.2, 0.25) is 5.91 Å². The van der Waals surface area contributed by atoms with Gasteiger partial charge in [-0.2, -0.15) is 0 Å². The number of hydrogen-bond donors (Lipinski definition) is 2. The van der Waals surface area contributed by atoms with Gasteiger partial charge in [0, 0.05) is 31.6 Å². The molecular formula is C20H30N2O3S. The molecule has 0 radical (unpaired) electrons. The summed E-state index contributed by atoms with van der Waals surface area (Å²) in [7, 11) is 1.66. The van der Waals surface area contributed by atoms with Crippen molar-refractivity contribution in [3.05, 3.63) is 16.0 Å². The first kappa shape index (κ1) is 19.4. The van der Waals surface area contributed by atoms with Crippen LogP contribution in [0.25, 0.3) is 0 Å². The van der Waals surface area contributed by atoms with Crippen molar-refractivity contribution in [3.63, 3.8) is 0 Å². The maximum absolute atomic E-state index is 12.8. The van der Waals surface area contributed by atoms with Gasteiger partial charge in [-0.3, -0.25) is 9.59 Å². The Morgan fingerprint density at radius 3 is 2.69 bits per heavy atom. The van der Waals surface area contributed by atoms with E-state index >= 15 is 0 Å². The number of rotatable bonds is 8. The monoisotopic (exact) mass is 378 g/mol. The number of fused-ring (bicyclic) bond motifs is 1. The average Bonchev–Trinajstić information content (AvgIpc) is 3.25. The summed E-state index contributed by atoms with van der Waals surface area (Å²) in [4.78, 5) is 26.6. The van der Waals surface area contributed by atoms with E-state index in [1.807, 2.05) is 0 Å². The zero-order valence-electron chi connectivity index (χ0n) is 15.7. The SMILES string of the molecule is COCCCNC(=O)c1c(NC(=O)CC2CCCC2)sc2c1CCCC2. The third-order valence-corrected chi connectivity index (χ3v) is 6.62. The van der Waals surface area contributed by atoms with E-state index in [1.165, 1.54) is 17.7 Å². The molecule has 2 aliphatic carbocycles. The van der Waals surface area contributed by atoms with Crippen molar-refractivity contribution >= 4 is 28.2 Å². The molecule has 6 heteroatoms. The lowest BCUT2D eigenvalue weighted by Crippen LogP contribution is -2.27. The first-order valence-electron chi connectivity index (χ1n) is 9.90. The number of carbonyl (C=O) groups is 2. The fourth-order valence-electron chi connectivity index (χ4n) is 4.06.